The van der Waals surface area contributed by atoms with Crippen molar-refractivity contribution in [2.24, 2.45) is 0 Å². The van der Waals surface area contributed by atoms with Gasteiger partial charge in [-0.05, 0) is 19.3 Å². The van der Waals surface area contributed by atoms with E-state index >= 15 is 0 Å². The Kier molecular flexibility index (Phi) is 14.5. The molecule has 0 bridgehead atoms. The molecule has 0 aromatic carbocycles. The smallest absolute Gasteiger partial charge is 0.303 e. The molecule has 20 heavy (non-hydrogen) atoms. The zero-order valence-electron chi connectivity index (χ0n) is 12.8. The van der Waals surface area contributed by atoms with E-state index < -0.39 is 5.97 Å². The highest BCUT2D eigenvalue weighted by molar-refractivity contribution is 5.66. The van der Waals surface area contributed by atoms with Gasteiger partial charge in [0.15, 0.2) is 0 Å². The van der Waals surface area contributed by atoms with Gasteiger partial charge in [0.1, 0.15) is 0 Å². The van der Waals surface area contributed by atoms with Crippen molar-refractivity contribution in [3.05, 3.63) is 0 Å². The summed E-state index contributed by atoms with van der Waals surface area (Å²) in [6.45, 7) is 2.18. The zero-order valence-corrected chi connectivity index (χ0v) is 12.8. The minimum Gasteiger partial charge on any atom is -0.481 e. The second-order valence-corrected chi connectivity index (χ2v) is 4.97. The molecule has 0 aliphatic heterocycles. The van der Waals surface area contributed by atoms with E-state index in [2.05, 4.69) is 30.6 Å². The molecular weight excluding hydrogens is 248 g/mol. The van der Waals surface area contributed by atoms with Crippen molar-refractivity contribution in [1.29, 1.82) is 0 Å². The first-order chi connectivity index (χ1) is 9.77. The number of rotatable bonds is 10. The van der Waals surface area contributed by atoms with Crippen LogP contribution in [0.15, 0.2) is 0 Å². The van der Waals surface area contributed by atoms with E-state index in [4.69, 9.17) is 5.11 Å². The highest BCUT2D eigenvalue weighted by Gasteiger charge is 1.95. The van der Waals surface area contributed by atoms with Crippen molar-refractivity contribution in [2.75, 3.05) is 0 Å². The fourth-order valence-corrected chi connectivity index (χ4v) is 1.76. The summed E-state index contributed by atoms with van der Waals surface area (Å²) in [6, 6.07) is 0. The first kappa shape index (κ1) is 18.6. The third-order valence-corrected chi connectivity index (χ3v) is 2.97. The summed E-state index contributed by atoms with van der Waals surface area (Å²) < 4.78 is 0. The monoisotopic (exact) mass is 276 g/mol. The lowest BCUT2D eigenvalue weighted by atomic mass is 10.1. The maximum Gasteiger partial charge on any atom is 0.303 e. The van der Waals surface area contributed by atoms with Crippen molar-refractivity contribution in [1.82, 2.24) is 0 Å². The average molecular weight is 276 g/mol. The molecule has 0 saturated carbocycles. The Hall–Kier alpha value is -1.41. The van der Waals surface area contributed by atoms with Gasteiger partial charge in [0.25, 0.3) is 0 Å². The molecule has 0 spiro atoms. The minimum atomic E-state index is -0.686. The molecule has 2 heteroatoms. The highest BCUT2D eigenvalue weighted by Crippen LogP contribution is 2.06. The van der Waals surface area contributed by atoms with Crippen molar-refractivity contribution >= 4 is 5.97 Å². The van der Waals surface area contributed by atoms with Crippen LogP contribution in [0.4, 0.5) is 0 Å². The molecule has 0 rings (SSSR count). The first-order valence-corrected chi connectivity index (χ1v) is 7.90. The Morgan fingerprint density at radius 3 is 1.85 bits per heavy atom. The number of hydrogen-bond acceptors (Lipinski definition) is 1. The second kappa shape index (κ2) is 15.6. The lowest BCUT2D eigenvalue weighted by Gasteiger charge is -1.97. The minimum absolute atomic E-state index is 0.305. The predicted octanol–water partition coefficient (Wildman–Crippen LogP) is 4.78. The van der Waals surface area contributed by atoms with Gasteiger partial charge < -0.3 is 5.11 Å². The summed E-state index contributed by atoms with van der Waals surface area (Å²) in [7, 11) is 0. The fourth-order valence-electron chi connectivity index (χ4n) is 1.76. The molecule has 2 nitrogen and oxygen atoms in total. The van der Waals surface area contributed by atoms with Gasteiger partial charge in [-0.15, -0.1) is 23.7 Å². The molecule has 0 amide bonds. The van der Waals surface area contributed by atoms with Gasteiger partial charge in [-0.2, -0.15) is 0 Å². The normalized spacial score (nSPS) is 9.25. The van der Waals surface area contributed by atoms with Crippen molar-refractivity contribution in [2.45, 2.75) is 84.0 Å². The molecule has 0 atom stereocenters. The number of aliphatic carboxylic acids is 1. The second-order valence-electron chi connectivity index (χ2n) is 4.97. The van der Waals surface area contributed by atoms with Gasteiger partial charge in [0, 0.05) is 32.1 Å². The average Bonchev–Trinajstić information content (AvgIpc) is 2.43. The van der Waals surface area contributed by atoms with Crippen LogP contribution in [0.3, 0.4) is 0 Å². The summed E-state index contributed by atoms with van der Waals surface area (Å²) in [4.78, 5) is 10.3. The number of carboxylic acid groups (broad SMARTS) is 1. The Bertz CT molecular complexity index is 349. The fraction of sp³-hybridized carbons (Fsp3) is 0.722. The third kappa shape index (κ3) is 16.6. The van der Waals surface area contributed by atoms with Crippen molar-refractivity contribution in [3.63, 3.8) is 0 Å². The van der Waals surface area contributed by atoms with Gasteiger partial charge in [-0.3, -0.25) is 4.79 Å². The summed E-state index contributed by atoms with van der Waals surface area (Å²) >= 11 is 0. The molecule has 0 radical (unpaired) electrons. The maximum atomic E-state index is 10.3. The Balaban J connectivity index is 3.24. The number of carboxylic acids is 1. The molecule has 0 aromatic rings. The van der Waals surface area contributed by atoms with Crippen LogP contribution < -0.4 is 0 Å². The number of carbonyl (C=O) groups is 1. The predicted molar refractivity (Wildman–Crippen MR) is 84.3 cm³/mol. The third-order valence-electron chi connectivity index (χ3n) is 2.97. The van der Waals surface area contributed by atoms with Crippen LogP contribution in [-0.4, -0.2) is 11.1 Å². The van der Waals surface area contributed by atoms with E-state index in [-0.39, 0.29) is 0 Å². The van der Waals surface area contributed by atoms with Gasteiger partial charge in [0.2, 0.25) is 0 Å². The molecule has 0 aliphatic rings. The van der Waals surface area contributed by atoms with Crippen LogP contribution in [0.1, 0.15) is 84.0 Å². The van der Waals surface area contributed by atoms with Crippen LogP contribution in [0, 0.1) is 23.7 Å². The molecule has 0 aliphatic carbocycles. The highest BCUT2D eigenvalue weighted by atomic mass is 16.4. The van der Waals surface area contributed by atoms with E-state index in [9.17, 15) is 4.79 Å². The summed E-state index contributed by atoms with van der Waals surface area (Å²) in [5.74, 6) is 12.0. The van der Waals surface area contributed by atoms with Gasteiger partial charge in [0.05, 0.1) is 0 Å². The molecule has 0 aromatic heterocycles. The largest absolute Gasteiger partial charge is 0.481 e. The Morgan fingerprint density at radius 1 is 0.750 bits per heavy atom. The van der Waals surface area contributed by atoms with E-state index in [1.54, 1.807) is 0 Å². The molecule has 0 fully saturated rings. The SMILES string of the molecule is CCCCC#CCCC#CCCCCCCCC(=O)O. The molecule has 0 unspecified atom stereocenters. The van der Waals surface area contributed by atoms with Crippen LogP contribution >= 0.6 is 0 Å². The first-order valence-electron chi connectivity index (χ1n) is 7.90. The van der Waals surface area contributed by atoms with Crippen LogP contribution in [0.25, 0.3) is 0 Å². The van der Waals surface area contributed by atoms with Gasteiger partial charge in [-0.25, -0.2) is 0 Å². The summed E-state index contributed by atoms with van der Waals surface area (Å²) in [6.07, 6.45) is 11.7. The summed E-state index contributed by atoms with van der Waals surface area (Å²) in [5.41, 5.74) is 0. The van der Waals surface area contributed by atoms with E-state index in [0.29, 0.717) is 6.42 Å². The van der Waals surface area contributed by atoms with E-state index in [0.717, 1.165) is 57.8 Å². The zero-order chi connectivity index (χ0) is 14.9. The maximum absolute atomic E-state index is 10.3. The molecule has 1 N–H and O–H groups in total. The van der Waals surface area contributed by atoms with Crippen molar-refractivity contribution in [3.8, 4) is 23.7 Å². The van der Waals surface area contributed by atoms with Crippen LogP contribution in [0.5, 0.6) is 0 Å². The molecule has 0 heterocycles. The molecule has 112 valence electrons. The molecular formula is C18H28O2. The lowest BCUT2D eigenvalue weighted by Crippen LogP contribution is -1.93. The topological polar surface area (TPSA) is 37.3 Å². The Morgan fingerprint density at radius 2 is 1.25 bits per heavy atom. The van der Waals surface area contributed by atoms with Crippen LogP contribution in [0.2, 0.25) is 0 Å². The van der Waals surface area contributed by atoms with E-state index in [1.807, 2.05) is 0 Å². The Labute approximate surface area is 124 Å². The molecule has 0 saturated heterocycles. The van der Waals surface area contributed by atoms with Crippen molar-refractivity contribution < 1.29 is 9.90 Å². The van der Waals surface area contributed by atoms with Gasteiger partial charge >= 0.3 is 5.97 Å². The van der Waals surface area contributed by atoms with Crippen LogP contribution in [-0.2, 0) is 4.79 Å². The standard InChI is InChI=1S/C18H28O2/c1-2-3-4-5-6-7-8-9-10-11-12-13-14-15-16-17-18(19)20/h2-4,7-8,11-17H2,1H3,(H,19,20). The van der Waals surface area contributed by atoms with E-state index in [1.165, 1.54) is 12.8 Å². The number of unbranched alkanes of at least 4 members (excludes halogenated alkanes) is 8. The quantitative estimate of drug-likeness (QED) is 0.460. The lowest BCUT2D eigenvalue weighted by molar-refractivity contribution is -0.137. The number of hydrogen-bond donors (Lipinski definition) is 1. The summed E-state index contributed by atoms with van der Waals surface area (Å²) in [5, 5.41) is 8.49. The van der Waals surface area contributed by atoms with Gasteiger partial charge in [-0.1, -0.05) is 32.6 Å².